The Labute approximate surface area is 195 Å². The number of nitriles is 1. The van der Waals surface area contributed by atoms with Gasteiger partial charge in [0.1, 0.15) is 0 Å². The van der Waals surface area contributed by atoms with Crippen LogP contribution in [-0.4, -0.2) is 30.1 Å². The van der Waals surface area contributed by atoms with E-state index in [4.69, 9.17) is 10.00 Å². The van der Waals surface area contributed by atoms with E-state index in [1.165, 1.54) is 11.8 Å². The maximum absolute atomic E-state index is 12.5. The number of nitrogens with zero attached hydrogens (tertiary/aromatic N) is 1. The molecule has 3 aromatic carbocycles. The largest absolute Gasteiger partial charge is 0.452 e. The smallest absolute Gasteiger partial charge is 0.339 e. The molecule has 0 saturated carbocycles. The van der Waals surface area contributed by atoms with Crippen molar-refractivity contribution in [1.82, 2.24) is 5.32 Å². The summed E-state index contributed by atoms with van der Waals surface area (Å²) in [5, 5.41) is 14.4. The summed E-state index contributed by atoms with van der Waals surface area (Å²) in [4.78, 5) is 37.4. The maximum atomic E-state index is 12.5. The Balaban J connectivity index is 1.50. The lowest BCUT2D eigenvalue weighted by Gasteiger charge is -2.10. The lowest BCUT2D eigenvalue weighted by atomic mass is 10.2. The van der Waals surface area contributed by atoms with Gasteiger partial charge in [0.05, 0.1) is 22.9 Å². The molecule has 0 radical (unpaired) electrons. The number of nitrogens with one attached hydrogen (secondary N) is 2. The first-order valence-corrected chi connectivity index (χ1v) is 11.0. The summed E-state index contributed by atoms with van der Waals surface area (Å²) >= 11 is 1.18. The zero-order valence-corrected chi connectivity index (χ0v) is 18.4. The van der Waals surface area contributed by atoms with E-state index in [1.54, 1.807) is 48.5 Å². The molecule has 0 aliphatic heterocycles. The third-order valence-corrected chi connectivity index (χ3v) is 5.48. The molecule has 0 bridgehead atoms. The van der Waals surface area contributed by atoms with Crippen LogP contribution in [-0.2, 0) is 20.9 Å². The monoisotopic (exact) mass is 459 g/mol. The average Bonchev–Trinajstić information content (AvgIpc) is 2.85. The second-order valence-electron chi connectivity index (χ2n) is 6.86. The zero-order chi connectivity index (χ0) is 23.5. The Kier molecular flexibility index (Phi) is 8.63. The highest BCUT2D eigenvalue weighted by molar-refractivity contribution is 8.00. The van der Waals surface area contributed by atoms with Gasteiger partial charge in [-0.15, -0.1) is 11.8 Å². The van der Waals surface area contributed by atoms with E-state index in [1.807, 2.05) is 36.4 Å². The van der Waals surface area contributed by atoms with Crippen molar-refractivity contribution in [3.63, 3.8) is 0 Å². The highest BCUT2D eigenvalue weighted by Crippen LogP contribution is 2.23. The molecular formula is C25H21N3O4S. The van der Waals surface area contributed by atoms with Crippen molar-refractivity contribution in [3.05, 3.63) is 95.6 Å². The lowest BCUT2D eigenvalue weighted by molar-refractivity contribution is -0.124. The van der Waals surface area contributed by atoms with Gasteiger partial charge in [-0.3, -0.25) is 9.59 Å². The molecule has 3 rings (SSSR count). The van der Waals surface area contributed by atoms with Crippen LogP contribution in [0.15, 0.2) is 83.8 Å². The number of rotatable bonds is 9. The quantitative estimate of drug-likeness (QED) is 0.373. The Morgan fingerprint density at radius 2 is 1.67 bits per heavy atom. The first kappa shape index (κ1) is 23.6. The molecule has 166 valence electrons. The third kappa shape index (κ3) is 7.52. The Morgan fingerprint density at radius 1 is 0.909 bits per heavy atom. The lowest BCUT2D eigenvalue weighted by Crippen LogP contribution is -2.28. The Morgan fingerprint density at radius 3 is 2.45 bits per heavy atom. The predicted octanol–water partition coefficient (Wildman–Crippen LogP) is 3.76. The summed E-state index contributed by atoms with van der Waals surface area (Å²) in [6, 6.07) is 24.8. The maximum Gasteiger partial charge on any atom is 0.339 e. The first-order chi connectivity index (χ1) is 16.0. The van der Waals surface area contributed by atoms with Gasteiger partial charge in [0.25, 0.3) is 5.91 Å². The molecule has 33 heavy (non-hydrogen) atoms. The van der Waals surface area contributed by atoms with E-state index >= 15 is 0 Å². The molecule has 3 aromatic rings. The number of carbonyl (C=O) groups is 3. The molecule has 0 saturated heterocycles. The summed E-state index contributed by atoms with van der Waals surface area (Å²) in [6.07, 6.45) is 0. The van der Waals surface area contributed by atoms with E-state index in [0.717, 1.165) is 5.56 Å². The SMILES string of the molecule is N#Cc1cccc(NC(=O)CSc2ccccc2C(=O)OCC(=O)NCc2ccccc2)c1. The van der Waals surface area contributed by atoms with Gasteiger partial charge in [0.15, 0.2) is 6.61 Å². The van der Waals surface area contributed by atoms with Crippen molar-refractivity contribution < 1.29 is 19.1 Å². The molecule has 0 aromatic heterocycles. The normalized spacial score (nSPS) is 10.0. The van der Waals surface area contributed by atoms with Crippen molar-refractivity contribution in [2.24, 2.45) is 0 Å². The molecule has 2 amide bonds. The number of ether oxygens (including phenoxy) is 1. The van der Waals surface area contributed by atoms with E-state index < -0.39 is 18.5 Å². The topological polar surface area (TPSA) is 108 Å². The molecule has 0 aliphatic carbocycles. The highest BCUT2D eigenvalue weighted by Gasteiger charge is 2.16. The van der Waals surface area contributed by atoms with Crippen LogP contribution in [0.3, 0.4) is 0 Å². The van der Waals surface area contributed by atoms with Crippen LogP contribution < -0.4 is 10.6 Å². The Hall–Kier alpha value is -4.09. The van der Waals surface area contributed by atoms with E-state index in [-0.39, 0.29) is 17.2 Å². The summed E-state index contributed by atoms with van der Waals surface area (Å²) in [5.41, 5.74) is 2.18. The molecular weight excluding hydrogens is 438 g/mol. The number of hydrogen-bond acceptors (Lipinski definition) is 6. The highest BCUT2D eigenvalue weighted by atomic mass is 32.2. The molecule has 8 heteroatoms. The van der Waals surface area contributed by atoms with Crippen molar-refractivity contribution in [2.75, 3.05) is 17.7 Å². The van der Waals surface area contributed by atoms with Gasteiger partial charge in [-0.25, -0.2) is 4.79 Å². The number of esters is 1. The van der Waals surface area contributed by atoms with Crippen molar-refractivity contribution >= 4 is 35.2 Å². The average molecular weight is 460 g/mol. The van der Waals surface area contributed by atoms with Crippen LogP contribution in [0, 0.1) is 11.3 Å². The van der Waals surface area contributed by atoms with Crippen LogP contribution in [0.25, 0.3) is 0 Å². The molecule has 0 spiro atoms. The summed E-state index contributed by atoms with van der Waals surface area (Å²) in [7, 11) is 0. The van der Waals surface area contributed by atoms with Crippen LogP contribution in [0.5, 0.6) is 0 Å². The summed E-state index contributed by atoms with van der Waals surface area (Å²) in [5.74, 6) is -1.27. The third-order valence-electron chi connectivity index (χ3n) is 4.41. The number of benzene rings is 3. The predicted molar refractivity (Wildman–Crippen MR) is 126 cm³/mol. The van der Waals surface area contributed by atoms with Crippen molar-refractivity contribution in [2.45, 2.75) is 11.4 Å². The fourth-order valence-corrected chi connectivity index (χ4v) is 3.66. The number of carbonyl (C=O) groups excluding carboxylic acids is 3. The Bertz CT molecular complexity index is 1180. The van der Waals surface area contributed by atoms with Gasteiger partial charge < -0.3 is 15.4 Å². The summed E-state index contributed by atoms with van der Waals surface area (Å²) in [6.45, 7) is -0.0591. The van der Waals surface area contributed by atoms with Gasteiger partial charge in [0.2, 0.25) is 5.91 Å². The number of amides is 2. The molecule has 0 atom stereocenters. The molecule has 0 heterocycles. The van der Waals surface area contributed by atoms with Gasteiger partial charge in [-0.1, -0.05) is 48.5 Å². The van der Waals surface area contributed by atoms with E-state index in [9.17, 15) is 14.4 Å². The van der Waals surface area contributed by atoms with Crippen LogP contribution >= 0.6 is 11.8 Å². The molecule has 7 nitrogen and oxygen atoms in total. The first-order valence-electron chi connectivity index (χ1n) is 10.0. The van der Waals surface area contributed by atoms with Crippen molar-refractivity contribution in [1.29, 1.82) is 5.26 Å². The summed E-state index contributed by atoms with van der Waals surface area (Å²) < 4.78 is 5.15. The zero-order valence-electron chi connectivity index (χ0n) is 17.6. The molecule has 0 aliphatic rings. The minimum absolute atomic E-state index is 0.0542. The second-order valence-corrected chi connectivity index (χ2v) is 7.88. The van der Waals surface area contributed by atoms with Gasteiger partial charge in [-0.2, -0.15) is 5.26 Å². The fraction of sp³-hybridized carbons (Fsp3) is 0.120. The van der Waals surface area contributed by atoms with Gasteiger partial charge in [-0.05, 0) is 35.9 Å². The van der Waals surface area contributed by atoms with Crippen LogP contribution in [0.4, 0.5) is 5.69 Å². The minimum atomic E-state index is -0.643. The van der Waals surface area contributed by atoms with Gasteiger partial charge in [0, 0.05) is 17.1 Å². The second kappa shape index (κ2) is 12.1. The number of thioether (sulfide) groups is 1. The van der Waals surface area contributed by atoms with Crippen molar-refractivity contribution in [3.8, 4) is 6.07 Å². The standard InChI is InChI=1S/C25H21N3O4S/c26-14-19-9-6-10-20(13-19)28-24(30)17-33-22-12-5-4-11-21(22)25(31)32-16-23(29)27-15-18-7-2-1-3-8-18/h1-13H,15-17H2,(H,27,29)(H,28,30). The number of hydrogen-bond donors (Lipinski definition) is 2. The van der Waals surface area contributed by atoms with Crippen LogP contribution in [0.1, 0.15) is 21.5 Å². The molecule has 2 N–H and O–H groups in total. The van der Waals surface area contributed by atoms with E-state index in [0.29, 0.717) is 22.7 Å². The fourth-order valence-electron chi connectivity index (χ4n) is 2.82. The minimum Gasteiger partial charge on any atom is -0.452 e. The van der Waals surface area contributed by atoms with E-state index in [2.05, 4.69) is 10.6 Å². The van der Waals surface area contributed by atoms with Gasteiger partial charge >= 0.3 is 5.97 Å². The van der Waals surface area contributed by atoms with Crippen LogP contribution in [0.2, 0.25) is 0 Å². The molecule has 0 unspecified atom stereocenters. The molecule has 0 fully saturated rings. The number of anilines is 1.